The normalized spacial score (nSPS) is 10.5. The van der Waals surface area contributed by atoms with E-state index in [4.69, 9.17) is 28.9 Å². The molecule has 0 aliphatic carbocycles. The van der Waals surface area contributed by atoms with Crippen molar-refractivity contribution in [2.24, 2.45) is 0 Å². The number of hydrogen-bond acceptors (Lipinski definition) is 2. The van der Waals surface area contributed by atoms with E-state index >= 15 is 0 Å². The molecule has 0 spiro atoms. The summed E-state index contributed by atoms with van der Waals surface area (Å²) in [6.45, 7) is 0. The molecule has 2 N–H and O–H groups in total. The van der Waals surface area contributed by atoms with Crippen molar-refractivity contribution in [2.75, 3.05) is 5.73 Å². The van der Waals surface area contributed by atoms with Crippen LogP contribution in [0.25, 0.3) is 0 Å². The van der Waals surface area contributed by atoms with Crippen molar-refractivity contribution < 1.29 is 9.18 Å². The maximum Gasteiger partial charge on any atom is 0.197 e. The summed E-state index contributed by atoms with van der Waals surface area (Å²) in [4.78, 5) is 12.2. The molecule has 0 heterocycles. The highest BCUT2D eigenvalue weighted by Gasteiger charge is 2.19. The van der Waals surface area contributed by atoms with Crippen molar-refractivity contribution in [2.45, 2.75) is 0 Å². The molecule has 0 saturated carbocycles. The maximum atomic E-state index is 13.8. The van der Waals surface area contributed by atoms with Crippen LogP contribution in [0.2, 0.25) is 10.0 Å². The number of carbonyl (C=O) groups is 1. The van der Waals surface area contributed by atoms with E-state index in [0.29, 0.717) is 4.47 Å². The van der Waals surface area contributed by atoms with Crippen LogP contribution >= 0.6 is 39.1 Å². The number of nitrogen functional groups attached to an aromatic ring is 1. The van der Waals surface area contributed by atoms with Gasteiger partial charge in [-0.1, -0.05) is 29.3 Å². The average Bonchev–Trinajstić information content (AvgIpc) is 2.36. The molecule has 0 amide bonds. The van der Waals surface area contributed by atoms with E-state index in [-0.39, 0.29) is 26.9 Å². The van der Waals surface area contributed by atoms with Crippen molar-refractivity contribution in [3.05, 3.63) is 61.8 Å². The molecule has 0 aromatic heterocycles. The number of benzene rings is 2. The molecule has 19 heavy (non-hydrogen) atoms. The molecule has 2 rings (SSSR count). The first-order valence-electron chi connectivity index (χ1n) is 5.15. The molecule has 0 aliphatic rings. The summed E-state index contributed by atoms with van der Waals surface area (Å²) in [5.41, 5.74) is 5.86. The first kappa shape index (κ1) is 14.3. The van der Waals surface area contributed by atoms with E-state index in [1.54, 1.807) is 12.1 Å². The van der Waals surface area contributed by atoms with Gasteiger partial charge in [0, 0.05) is 10.0 Å². The number of ketones is 1. The second kappa shape index (κ2) is 5.49. The topological polar surface area (TPSA) is 43.1 Å². The fraction of sp³-hybridized carbons (Fsp3) is 0. The fourth-order valence-electron chi connectivity index (χ4n) is 1.57. The quantitative estimate of drug-likeness (QED) is 0.477. The first-order chi connectivity index (χ1) is 8.91. The van der Waals surface area contributed by atoms with Gasteiger partial charge in [0.25, 0.3) is 0 Å². The Morgan fingerprint density at radius 1 is 1.21 bits per heavy atom. The molecule has 0 aliphatic heterocycles. The number of nitrogens with two attached hydrogens (primary N) is 1. The van der Waals surface area contributed by atoms with Crippen molar-refractivity contribution in [1.29, 1.82) is 0 Å². The van der Waals surface area contributed by atoms with Gasteiger partial charge in [0.2, 0.25) is 0 Å². The molecule has 0 unspecified atom stereocenters. The Hall–Kier alpha value is -1.10. The van der Waals surface area contributed by atoms with Crippen LogP contribution in [0.15, 0.2) is 34.8 Å². The van der Waals surface area contributed by atoms with E-state index in [2.05, 4.69) is 15.9 Å². The highest BCUT2D eigenvalue weighted by Crippen LogP contribution is 2.30. The van der Waals surface area contributed by atoms with E-state index in [0.717, 1.165) is 6.07 Å². The standard InChI is InChI=1S/C13H7BrCl2FNO/c14-8-5-10(17)7(4-9(8)15)13(19)6-2-1-3-11(18)12(6)16/h1-5H,18H2. The average molecular weight is 363 g/mol. The van der Waals surface area contributed by atoms with Crippen LogP contribution in [0.1, 0.15) is 15.9 Å². The van der Waals surface area contributed by atoms with Crippen LogP contribution in [0, 0.1) is 5.82 Å². The second-order valence-corrected chi connectivity index (χ2v) is 5.42. The van der Waals surface area contributed by atoms with Crippen molar-refractivity contribution in [1.82, 2.24) is 0 Å². The van der Waals surface area contributed by atoms with Crippen LogP contribution in [-0.4, -0.2) is 5.78 Å². The predicted molar refractivity (Wildman–Crippen MR) is 78.4 cm³/mol. The van der Waals surface area contributed by atoms with Crippen LogP contribution < -0.4 is 5.73 Å². The highest BCUT2D eigenvalue weighted by molar-refractivity contribution is 9.10. The fourth-order valence-corrected chi connectivity index (χ4v) is 2.26. The van der Waals surface area contributed by atoms with Crippen molar-refractivity contribution >= 4 is 50.6 Å². The van der Waals surface area contributed by atoms with Crippen molar-refractivity contribution in [3.63, 3.8) is 0 Å². The third kappa shape index (κ3) is 2.76. The number of carbonyl (C=O) groups excluding carboxylic acids is 1. The van der Waals surface area contributed by atoms with Gasteiger partial charge in [-0.05, 0) is 40.2 Å². The lowest BCUT2D eigenvalue weighted by molar-refractivity contribution is 0.103. The SMILES string of the molecule is Nc1cccc(C(=O)c2cc(Cl)c(Br)cc2F)c1Cl. The molecule has 98 valence electrons. The maximum absolute atomic E-state index is 13.8. The third-order valence-corrected chi connectivity index (χ3v) is 4.15. The highest BCUT2D eigenvalue weighted by atomic mass is 79.9. The Labute approximate surface area is 127 Å². The summed E-state index contributed by atoms with van der Waals surface area (Å²) in [7, 11) is 0. The zero-order valence-corrected chi connectivity index (χ0v) is 12.5. The van der Waals surface area contributed by atoms with E-state index in [1.807, 2.05) is 0 Å². The zero-order valence-electron chi connectivity index (χ0n) is 9.38. The number of rotatable bonds is 2. The molecular formula is C13H7BrCl2FNO. The Morgan fingerprint density at radius 3 is 2.58 bits per heavy atom. The molecule has 0 saturated heterocycles. The van der Waals surface area contributed by atoms with Gasteiger partial charge in [-0.25, -0.2) is 4.39 Å². The number of hydrogen-bond donors (Lipinski definition) is 1. The van der Waals surface area contributed by atoms with Gasteiger partial charge in [-0.3, -0.25) is 4.79 Å². The molecule has 0 bridgehead atoms. The van der Waals surface area contributed by atoms with Crippen LogP contribution in [0.3, 0.4) is 0 Å². The lowest BCUT2D eigenvalue weighted by Crippen LogP contribution is -2.06. The number of anilines is 1. The molecule has 2 aromatic rings. The Balaban J connectivity index is 2.56. The minimum absolute atomic E-state index is 0.103. The molecule has 0 fully saturated rings. The van der Waals surface area contributed by atoms with Gasteiger partial charge in [-0.15, -0.1) is 0 Å². The van der Waals surface area contributed by atoms with Gasteiger partial charge in [0.15, 0.2) is 5.78 Å². The predicted octanol–water partition coefficient (Wildman–Crippen LogP) is 4.71. The molecule has 2 nitrogen and oxygen atoms in total. The summed E-state index contributed by atoms with van der Waals surface area (Å²) in [6, 6.07) is 7.01. The summed E-state index contributed by atoms with van der Waals surface area (Å²) in [5, 5.41) is 0.343. The number of halogens is 4. The van der Waals surface area contributed by atoms with E-state index in [1.165, 1.54) is 12.1 Å². The molecule has 2 aromatic carbocycles. The Bertz CT molecular complexity index is 676. The molecular weight excluding hydrogens is 356 g/mol. The summed E-state index contributed by atoms with van der Waals surface area (Å²) >= 11 is 14.9. The van der Waals surface area contributed by atoms with Gasteiger partial charge >= 0.3 is 0 Å². The zero-order chi connectivity index (χ0) is 14.2. The van der Waals surface area contributed by atoms with Gasteiger partial charge in [0.05, 0.1) is 21.3 Å². The summed E-state index contributed by atoms with van der Waals surface area (Å²) < 4.78 is 14.2. The lowest BCUT2D eigenvalue weighted by Gasteiger charge is -2.08. The lowest BCUT2D eigenvalue weighted by atomic mass is 10.0. The summed E-state index contributed by atoms with van der Waals surface area (Å²) in [5.74, 6) is -1.25. The largest absolute Gasteiger partial charge is 0.398 e. The Kier molecular flexibility index (Phi) is 4.13. The van der Waals surface area contributed by atoms with Crippen LogP contribution in [0.4, 0.5) is 10.1 Å². The Morgan fingerprint density at radius 2 is 1.89 bits per heavy atom. The smallest absolute Gasteiger partial charge is 0.197 e. The molecule has 0 radical (unpaired) electrons. The third-order valence-electron chi connectivity index (χ3n) is 2.53. The minimum atomic E-state index is -0.681. The van der Waals surface area contributed by atoms with Gasteiger partial charge in [-0.2, -0.15) is 0 Å². The van der Waals surface area contributed by atoms with E-state index in [9.17, 15) is 9.18 Å². The molecule has 0 atom stereocenters. The van der Waals surface area contributed by atoms with Crippen molar-refractivity contribution in [3.8, 4) is 0 Å². The van der Waals surface area contributed by atoms with Crippen LogP contribution in [-0.2, 0) is 0 Å². The van der Waals surface area contributed by atoms with Gasteiger partial charge < -0.3 is 5.73 Å². The molecule has 6 heteroatoms. The van der Waals surface area contributed by atoms with Crippen LogP contribution in [0.5, 0.6) is 0 Å². The van der Waals surface area contributed by atoms with Gasteiger partial charge in [0.1, 0.15) is 5.82 Å². The first-order valence-corrected chi connectivity index (χ1v) is 6.70. The monoisotopic (exact) mass is 361 g/mol. The minimum Gasteiger partial charge on any atom is -0.398 e. The van der Waals surface area contributed by atoms with E-state index < -0.39 is 11.6 Å². The summed E-state index contributed by atoms with van der Waals surface area (Å²) in [6.07, 6.45) is 0. The second-order valence-electron chi connectivity index (χ2n) is 3.78.